The van der Waals surface area contributed by atoms with E-state index in [9.17, 15) is 4.79 Å². The van der Waals surface area contributed by atoms with Gasteiger partial charge in [0.05, 0.1) is 29.5 Å². The number of benzene rings is 2. The largest absolute Gasteiger partial charge is 0.337 e. The van der Waals surface area contributed by atoms with Gasteiger partial charge in [-0.2, -0.15) is 0 Å². The van der Waals surface area contributed by atoms with Crippen molar-refractivity contribution in [3.8, 4) is 0 Å². The molecule has 7 nitrogen and oxygen atoms in total. The van der Waals surface area contributed by atoms with Gasteiger partial charge in [0.15, 0.2) is 0 Å². The monoisotopic (exact) mass is 563 g/mol. The Morgan fingerprint density at radius 3 is 2.38 bits per heavy atom. The van der Waals surface area contributed by atoms with Crippen LogP contribution < -0.4 is 5.48 Å². The minimum absolute atomic E-state index is 0.0229. The first kappa shape index (κ1) is 25.8. The zero-order valence-electron chi connectivity index (χ0n) is 21.5. The summed E-state index contributed by atoms with van der Waals surface area (Å²) in [6, 6.07) is 16.1. The van der Waals surface area contributed by atoms with Gasteiger partial charge in [-0.1, -0.05) is 40.2 Å². The van der Waals surface area contributed by atoms with Gasteiger partial charge >= 0.3 is 0 Å². The molecule has 37 heavy (non-hydrogen) atoms. The highest BCUT2D eigenvalue weighted by Crippen LogP contribution is 2.34. The predicted octanol–water partition coefficient (Wildman–Crippen LogP) is 5.44. The fourth-order valence-corrected chi connectivity index (χ4v) is 5.66. The number of carbonyl (C=O) groups excluding carboxylic acids is 1. The van der Waals surface area contributed by atoms with Crippen molar-refractivity contribution in [3.63, 3.8) is 0 Å². The van der Waals surface area contributed by atoms with Crippen molar-refractivity contribution in [1.82, 2.24) is 25.2 Å². The van der Waals surface area contributed by atoms with Gasteiger partial charge in [0.1, 0.15) is 5.69 Å². The second-order valence-electron chi connectivity index (χ2n) is 10.0. The summed E-state index contributed by atoms with van der Waals surface area (Å²) in [5.41, 5.74) is 8.94. The fourth-order valence-electron chi connectivity index (χ4n) is 5.39. The first-order valence-electron chi connectivity index (χ1n) is 13.1. The average Bonchev–Trinajstić information content (AvgIpc) is 2.94. The lowest BCUT2D eigenvalue weighted by molar-refractivity contribution is 0.0253. The first-order valence-corrected chi connectivity index (χ1v) is 13.9. The van der Waals surface area contributed by atoms with E-state index >= 15 is 0 Å². The Morgan fingerprint density at radius 2 is 1.70 bits per heavy atom. The Bertz CT molecular complexity index is 1270. The Labute approximate surface area is 227 Å². The zero-order chi connectivity index (χ0) is 25.8. The number of aromatic nitrogens is 2. The van der Waals surface area contributed by atoms with E-state index in [1.165, 1.54) is 5.57 Å². The number of nitrogens with zero attached hydrogens (tertiary/aromatic N) is 4. The van der Waals surface area contributed by atoms with Gasteiger partial charge in [-0.3, -0.25) is 25.0 Å². The highest BCUT2D eigenvalue weighted by Gasteiger charge is 2.38. The van der Waals surface area contributed by atoms with E-state index < -0.39 is 0 Å². The van der Waals surface area contributed by atoms with Crippen LogP contribution in [-0.4, -0.2) is 64.0 Å². The molecule has 2 fully saturated rings. The van der Waals surface area contributed by atoms with E-state index in [0.29, 0.717) is 12.3 Å². The minimum atomic E-state index is -0.0229. The molecule has 2 saturated heterocycles. The van der Waals surface area contributed by atoms with E-state index in [-0.39, 0.29) is 11.4 Å². The van der Waals surface area contributed by atoms with Gasteiger partial charge in [-0.05, 0) is 74.9 Å². The molecule has 5 rings (SSSR count). The number of rotatable bonds is 6. The van der Waals surface area contributed by atoms with E-state index in [4.69, 9.17) is 4.84 Å². The van der Waals surface area contributed by atoms with Crippen molar-refractivity contribution in [2.24, 2.45) is 0 Å². The van der Waals surface area contributed by atoms with Crippen LogP contribution in [0.5, 0.6) is 0 Å². The van der Waals surface area contributed by atoms with Crippen LogP contribution in [0.4, 0.5) is 0 Å². The van der Waals surface area contributed by atoms with Crippen LogP contribution in [0.3, 0.4) is 0 Å². The maximum Gasteiger partial charge on any atom is 0.274 e. The van der Waals surface area contributed by atoms with Crippen LogP contribution in [0, 0.1) is 0 Å². The predicted molar refractivity (Wildman–Crippen MR) is 150 cm³/mol. The molecule has 2 aliphatic heterocycles. The molecule has 0 unspecified atom stereocenters. The van der Waals surface area contributed by atoms with E-state index in [0.717, 1.165) is 78.6 Å². The summed E-state index contributed by atoms with van der Waals surface area (Å²) in [7, 11) is 0. The van der Waals surface area contributed by atoms with Crippen molar-refractivity contribution in [2.45, 2.75) is 45.1 Å². The summed E-state index contributed by atoms with van der Waals surface area (Å²) in [4.78, 5) is 32.3. The lowest BCUT2D eigenvalue weighted by atomic mass is 9.85. The Kier molecular flexibility index (Phi) is 7.88. The highest BCUT2D eigenvalue weighted by molar-refractivity contribution is 9.10. The van der Waals surface area contributed by atoms with Crippen LogP contribution in [-0.2, 0) is 4.84 Å². The smallest absolute Gasteiger partial charge is 0.274 e. The van der Waals surface area contributed by atoms with Crippen LogP contribution in [0.1, 0.15) is 55.6 Å². The summed E-state index contributed by atoms with van der Waals surface area (Å²) < 4.78 is 1.07. The molecule has 2 aliphatic rings. The zero-order valence-corrected chi connectivity index (χ0v) is 23.1. The summed E-state index contributed by atoms with van der Waals surface area (Å²) in [5.74, 6) is -0.0229. The van der Waals surface area contributed by atoms with E-state index in [2.05, 4.69) is 67.5 Å². The van der Waals surface area contributed by atoms with Gasteiger partial charge in [0.2, 0.25) is 0 Å². The van der Waals surface area contributed by atoms with Crippen molar-refractivity contribution in [1.29, 1.82) is 0 Å². The third-order valence-electron chi connectivity index (χ3n) is 7.73. The number of halogens is 1. The molecule has 2 aromatic carbocycles. The van der Waals surface area contributed by atoms with Crippen LogP contribution in [0.15, 0.2) is 64.8 Å². The summed E-state index contributed by atoms with van der Waals surface area (Å²) in [6.45, 7) is 8.43. The number of hydroxylamine groups is 1. The third kappa shape index (κ3) is 5.71. The van der Waals surface area contributed by atoms with Gasteiger partial charge < -0.3 is 4.90 Å². The summed E-state index contributed by atoms with van der Waals surface area (Å²) in [6.07, 6.45) is 5.51. The fraction of sp³-hybridized carbons (Fsp3) is 0.414. The van der Waals surface area contributed by atoms with Gasteiger partial charge in [-0.15, -0.1) is 0 Å². The molecule has 0 aliphatic carbocycles. The van der Waals surface area contributed by atoms with Gasteiger partial charge in [-0.25, -0.2) is 4.98 Å². The molecular formula is C29H34BrN5O2. The number of hydrogen-bond acceptors (Lipinski definition) is 6. The Hall–Kier alpha value is -2.81. The molecule has 1 aromatic heterocycles. The second-order valence-corrected chi connectivity index (χ2v) is 11.0. The van der Waals surface area contributed by atoms with Gasteiger partial charge in [0.25, 0.3) is 5.91 Å². The number of nitrogens with one attached hydrogen (secondary N) is 1. The molecule has 3 aromatic rings. The SMILES string of the molecule is CCONC(=C1CCN(C2(C)CCN(C(=O)c3cnc4ccccc4n3)CC2)CC1)c1ccc(Br)cc1. The quantitative estimate of drug-likeness (QED) is 0.403. The van der Waals surface area contributed by atoms with Crippen LogP contribution >= 0.6 is 15.9 Å². The van der Waals surface area contributed by atoms with Crippen LogP contribution in [0.2, 0.25) is 0 Å². The third-order valence-corrected chi connectivity index (χ3v) is 8.26. The summed E-state index contributed by atoms with van der Waals surface area (Å²) >= 11 is 3.53. The number of likely N-dealkylation sites (tertiary alicyclic amines) is 2. The molecule has 0 bridgehead atoms. The molecular weight excluding hydrogens is 530 g/mol. The molecule has 0 saturated carbocycles. The first-order chi connectivity index (χ1) is 18.0. The number of carbonyl (C=O) groups is 1. The maximum absolute atomic E-state index is 13.2. The molecule has 1 amide bonds. The molecule has 0 spiro atoms. The lowest BCUT2D eigenvalue weighted by Crippen LogP contribution is -2.56. The molecule has 0 radical (unpaired) electrons. The molecule has 3 heterocycles. The van der Waals surface area contributed by atoms with E-state index in [1.54, 1.807) is 6.20 Å². The normalized spacial score (nSPS) is 18.1. The van der Waals surface area contributed by atoms with Gasteiger partial charge in [0, 0.05) is 36.2 Å². The molecule has 194 valence electrons. The topological polar surface area (TPSA) is 70.6 Å². The summed E-state index contributed by atoms with van der Waals surface area (Å²) in [5, 5.41) is 0. The minimum Gasteiger partial charge on any atom is -0.337 e. The maximum atomic E-state index is 13.2. The van der Waals surface area contributed by atoms with Crippen molar-refractivity contribution in [3.05, 3.63) is 76.0 Å². The average molecular weight is 565 g/mol. The Morgan fingerprint density at radius 1 is 1.03 bits per heavy atom. The molecule has 8 heteroatoms. The standard InChI is InChI=1S/C29H34BrN5O2/c1-3-37-33-27(21-8-10-23(30)11-9-21)22-12-16-35(17-13-22)29(2)14-18-34(19-15-29)28(36)26-20-31-24-6-4-5-7-25(24)32-26/h4-11,20,33H,3,12-19H2,1-2H3. The molecule has 1 N–H and O–H groups in total. The molecule has 0 atom stereocenters. The second kappa shape index (κ2) is 11.3. The van der Waals surface area contributed by atoms with E-state index in [1.807, 2.05) is 36.1 Å². The number of para-hydroxylation sites is 2. The number of fused-ring (bicyclic) bond motifs is 1. The lowest BCUT2D eigenvalue weighted by Gasteiger charge is -2.48. The highest BCUT2D eigenvalue weighted by atomic mass is 79.9. The van der Waals surface area contributed by atoms with Crippen molar-refractivity contribution in [2.75, 3.05) is 32.8 Å². The number of amides is 1. The number of piperidine rings is 2. The number of hydrogen-bond donors (Lipinski definition) is 1. The Balaban J connectivity index is 1.22. The van der Waals surface area contributed by atoms with Crippen LogP contribution in [0.25, 0.3) is 16.7 Å². The van der Waals surface area contributed by atoms with Crippen molar-refractivity contribution < 1.29 is 9.63 Å². The van der Waals surface area contributed by atoms with Crippen molar-refractivity contribution >= 4 is 38.6 Å².